The van der Waals surface area contributed by atoms with Gasteiger partial charge in [-0.3, -0.25) is 4.79 Å². The second-order valence-electron chi connectivity index (χ2n) is 5.93. The number of rotatable bonds is 4. The standard InChI is InChI=1S/C19H21N3OS/c1-14(15-7-3-2-4-8-15)20-19(24)21-16-9-5-10-17(13-16)22-12-6-11-18(22)23/h2-5,7-10,13-14H,6,11-12H2,1H3,(H2,20,21,24). The van der Waals surface area contributed by atoms with Crippen molar-refractivity contribution in [3.05, 3.63) is 60.2 Å². The van der Waals surface area contributed by atoms with Gasteiger partial charge in [0.1, 0.15) is 0 Å². The highest BCUT2D eigenvalue weighted by Gasteiger charge is 2.21. The number of hydrogen-bond acceptors (Lipinski definition) is 2. The van der Waals surface area contributed by atoms with Crippen LogP contribution < -0.4 is 15.5 Å². The van der Waals surface area contributed by atoms with Gasteiger partial charge in [0.15, 0.2) is 5.11 Å². The first-order valence-electron chi connectivity index (χ1n) is 8.16. The maximum atomic E-state index is 11.9. The van der Waals surface area contributed by atoms with Gasteiger partial charge in [0.25, 0.3) is 0 Å². The third kappa shape index (κ3) is 3.92. The van der Waals surface area contributed by atoms with E-state index in [0.29, 0.717) is 11.5 Å². The maximum Gasteiger partial charge on any atom is 0.227 e. The van der Waals surface area contributed by atoms with Crippen LogP contribution in [0.2, 0.25) is 0 Å². The molecule has 24 heavy (non-hydrogen) atoms. The van der Waals surface area contributed by atoms with E-state index in [2.05, 4.69) is 29.7 Å². The van der Waals surface area contributed by atoms with Crippen LogP contribution in [0.25, 0.3) is 0 Å². The monoisotopic (exact) mass is 339 g/mol. The number of nitrogens with one attached hydrogen (secondary N) is 2. The molecule has 1 heterocycles. The summed E-state index contributed by atoms with van der Waals surface area (Å²) in [6.07, 6.45) is 1.55. The fraction of sp³-hybridized carbons (Fsp3) is 0.263. The average molecular weight is 339 g/mol. The largest absolute Gasteiger partial charge is 0.356 e. The summed E-state index contributed by atoms with van der Waals surface area (Å²) in [7, 11) is 0. The van der Waals surface area contributed by atoms with Crippen LogP contribution in [0.15, 0.2) is 54.6 Å². The van der Waals surface area contributed by atoms with Gasteiger partial charge in [0.2, 0.25) is 5.91 Å². The Morgan fingerprint density at radius 1 is 1.17 bits per heavy atom. The highest BCUT2D eigenvalue weighted by Crippen LogP contribution is 2.24. The first-order chi connectivity index (χ1) is 11.6. The number of benzene rings is 2. The summed E-state index contributed by atoms with van der Waals surface area (Å²) in [5.41, 5.74) is 2.98. The molecule has 1 unspecified atom stereocenters. The van der Waals surface area contributed by atoms with E-state index in [0.717, 1.165) is 24.3 Å². The zero-order valence-electron chi connectivity index (χ0n) is 13.7. The molecule has 0 saturated carbocycles. The van der Waals surface area contributed by atoms with Crippen molar-refractivity contribution in [1.29, 1.82) is 0 Å². The van der Waals surface area contributed by atoms with Gasteiger partial charge in [-0.15, -0.1) is 0 Å². The maximum absolute atomic E-state index is 11.9. The molecular weight excluding hydrogens is 318 g/mol. The van der Waals surface area contributed by atoms with Gasteiger partial charge in [-0.1, -0.05) is 36.4 Å². The summed E-state index contributed by atoms with van der Waals surface area (Å²) >= 11 is 5.41. The molecule has 1 aliphatic heterocycles. The van der Waals surface area contributed by atoms with Gasteiger partial charge in [-0.05, 0) is 49.3 Å². The Morgan fingerprint density at radius 2 is 1.96 bits per heavy atom. The zero-order chi connectivity index (χ0) is 16.9. The molecule has 2 aromatic carbocycles. The van der Waals surface area contributed by atoms with E-state index in [1.54, 1.807) is 0 Å². The van der Waals surface area contributed by atoms with Crippen molar-refractivity contribution in [3.8, 4) is 0 Å². The summed E-state index contributed by atoms with van der Waals surface area (Å²) < 4.78 is 0. The second kappa shape index (κ2) is 7.45. The van der Waals surface area contributed by atoms with Gasteiger partial charge < -0.3 is 15.5 Å². The number of hydrogen-bond donors (Lipinski definition) is 2. The minimum absolute atomic E-state index is 0.120. The van der Waals surface area contributed by atoms with Crippen molar-refractivity contribution in [1.82, 2.24) is 5.32 Å². The molecule has 124 valence electrons. The van der Waals surface area contributed by atoms with Crippen molar-refractivity contribution in [2.45, 2.75) is 25.8 Å². The number of amides is 1. The van der Waals surface area contributed by atoms with E-state index in [9.17, 15) is 4.79 Å². The van der Waals surface area contributed by atoms with Gasteiger partial charge in [0, 0.05) is 24.3 Å². The Balaban J connectivity index is 1.63. The SMILES string of the molecule is CC(NC(=S)Nc1cccc(N2CCCC2=O)c1)c1ccccc1. The molecule has 3 rings (SSSR count). The predicted molar refractivity (Wildman–Crippen MR) is 102 cm³/mol. The highest BCUT2D eigenvalue weighted by atomic mass is 32.1. The zero-order valence-corrected chi connectivity index (χ0v) is 14.5. The van der Waals surface area contributed by atoms with Crippen LogP contribution in [-0.2, 0) is 4.79 Å². The van der Waals surface area contributed by atoms with E-state index in [1.807, 2.05) is 47.4 Å². The van der Waals surface area contributed by atoms with E-state index in [-0.39, 0.29) is 11.9 Å². The van der Waals surface area contributed by atoms with Crippen LogP contribution in [-0.4, -0.2) is 17.6 Å². The molecule has 1 aliphatic rings. The molecule has 1 saturated heterocycles. The van der Waals surface area contributed by atoms with Crippen LogP contribution in [0.5, 0.6) is 0 Å². The first kappa shape index (κ1) is 16.5. The molecule has 5 heteroatoms. The quantitative estimate of drug-likeness (QED) is 0.830. The summed E-state index contributed by atoms with van der Waals surface area (Å²) in [5, 5.41) is 7.05. The second-order valence-corrected chi connectivity index (χ2v) is 6.34. The number of thiocarbonyl (C=S) groups is 1. The van der Waals surface area contributed by atoms with Crippen molar-refractivity contribution in [2.24, 2.45) is 0 Å². The molecule has 0 aromatic heterocycles. The van der Waals surface area contributed by atoms with Crippen molar-refractivity contribution < 1.29 is 4.79 Å². The summed E-state index contributed by atoms with van der Waals surface area (Å²) in [6.45, 7) is 2.86. The lowest BCUT2D eigenvalue weighted by Gasteiger charge is -2.19. The number of anilines is 2. The molecule has 2 aromatic rings. The van der Waals surface area contributed by atoms with Crippen molar-refractivity contribution in [2.75, 3.05) is 16.8 Å². The highest BCUT2D eigenvalue weighted by molar-refractivity contribution is 7.80. The summed E-state index contributed by atoms with van der Waals surface area (Å²) in [5.74, 6) is 0.186. The lowest BCUT2D eigenvalue weighted by atomic mass is 10.1. The minimum Gasteiger partial charge on any atom is -0.356 e. The van der Waals surface area contributed by atoms with Gasteiger partial charge in [0.05, 0.1) is 6.04 Å². The molecule has 1 atom stereocenters. The Labute approximate surface area is 147 Å². The number of carbonyl (C=O) groups excluding carboxylic acids is 1. The van der Waals surface area contributed by atoms with Crippen molar-refractivity contribution >= 4 is 34.6 Å². The molecule has 2 N–H and O–H groups in total. The molecule has 0 aliphatic carbocycles. The summed E-state index contributed by atoms with van der Waals surface area (Å²) in [6, 6.07) is 18.1. The van der Waals surface area contributed by atoms with E-state index in [1.165, 1.54) is 5.56 Å². The van der Waals surface area contributed by atoms with Gasteiger partial charge >= 0.3 is 0 Å². The third-order valence-electron chi connectivity index (χ3n) is 4.14. The lowest BCUT2D eigenvalue weighted by molar-refractivity contribution is -0.117. The van der Waals surface area contributed by atoms with E-state index >= 15 is 0 Å². The van der Waals surface area contributed by atoms with Crippen molar-refractivity contribution in [3.63, 3.8) is 0 Å². The molecule has 0 bridgehead atoms. The fourth-order valence-corrected chi connectivity index (χ4v) is 3.16. The number of nitrogens with zero attached hydrogens (tertiary/aromatic N) is 1. The first-order valence-corrected chi connectivity index (χ1v) is 8.57. The normalized spacial score (nSPS) is 15.2. The average Bonchev–Trinajstić information content (AvgIpc) is 3.02. The molecule has 0 radical (unpaired) electrons. The van der Waals surface area contributed by atoms with Crippen LogP contribution in [0.1, 0.15) is 31.4 Å². The van der Waals surface area contributed by atoms with Crippen LogP contribution in [0.3, 0.4) is 0 Å². The molecular formula is C19H21N3OS. The van der Waals surface area contributed by atoms with Gasteiger partial charge in [-0.25, -0.2) is 0 Å². The Bertz CT molecular complexity index is 732. The fourth-order valence-electron chi connectivity index (χ4n) is 2.86. The number of carbonyl (C=O) groups is 1. The van der Waals surface area contributed by atoms with Crippen LogP contribution >= 0.6 is 12.2 Å². The topological polar surface area (TPSA) is 44.4 Å². The lowest BCUT2D eigenvalue weighted by Crippen LogP contribution is -2.31. The van der Waals surface area contributed by atoms with Crippen LogP contribution in [0, 0.1) is 0 Å². The van der Waals surface area contributed by atoms with Gasteiger partial charge in [-0.2, -0.15) is 0 Å². The predicted octanol–water partition coefficient (Wildman–Crippen LogP) is 3.86. The Hall–Kier alpha value is -2.40. The molecule has 0 spiro atoms. The third-order valence-corrected chi connectivity index (χ3v) is 4.36. The van der Waals surface area contributed by atoms with E-state index in [4.69, 9.17) is 12.2 Å². The smallest absolute Gasteiger partial charge is 0.227 e. The molecule has 4 nitrogen and oxygen atoms in total. The van der Waals surface area contributed by atoms with E-state index < -0.39 is 0 Å². The molecule has 1 amide bonds. The summed E-state index contributed by atoms with van der Waals surface area (Å²) in [4.78, 5) is 13.7. The Kier molecular flexibility index (Phi) is 5.11. The Morgan fingerprint density at radius 3 is 2.67 bits per heavy atom. The molecule has 1 fully saturated rings. The minimum atomic E-state index is 0.120. The van der Waals surface area contributed by atoms with Crippen LogP contribution in [0.4, 0.5) is 11.4 Å².